The molecule has 1 fully saturated rings. The average molecular weight is 538 g/mol. The third kappa shape index (κ3) is 7.21. The molecule has 2 rings (SSSR count). The minimum Gasteiger partial charge on any atom is -0.790 e. The van der Waals surface area contributed by atoms with Gasteiger partial charge < -0.3 is 48.3 Å². The molecule has 0 aromatic carbocycles. The molecule has 1 aromatic heterocycles. The minimum atomic E-state index is -6.23. The van der Waals surface area contributed by atoms with Gasteiger partial charge in [0.1, 0.15) is 23.9 Å². The van der Waals surface area contributed by atoms with Crippen molar-refractivity contribution >= 4 is 29.4 Å². The van der Waals surface area contributed by atoms with Crippen LogP contribution in [0.5, 0.6) is 0 Å². The van der Waals surface area contributed by atoms with Crippen LogP contribution in [0.25, 0.3) is 0 Å². The molecule has 1 saturated heterocycles. The molecule has 2 heterocycles. The van der Waals surface area contributed by atoms with E-state index in [0.717, 1.165) is 7.11 Å². The Hall–Kier alpha value is -1.56. The molecule has 0 amide bonds. The van der Waals surface area contributed by atoms with Crippen LogP contribution >= 0.6 is 23.5 Å². The zero-order valence-corrected chi connectivity index (χ0v) is 18.6. The number of phosphoric ester groups is 1. The fourth-order valence-electron chi connectivity index (χ4n) is 2.47. The summed E-state index contributed by atoms with van der Waals surface area (Å²) in [6, 6.07) is 0. The van der Waals surface area contributed by atoms with E-state index in [2.05, 4.69) is 17.9 Å². The Bertz CT molecular complexity index is 1150. The molecule has 6 unspecified atom stereocenters. The van der Waals surface area contributed by atoms with E-state index in [1.165, 1.54) is 0 Å². The predicted molar refractivity (Wildman–Crippen MR) is 89.5 cm³/mol. The zero-order chi connectivity index (χ0) is 25.4. The first-order chi connectivity index (χ1) is 15.0. The van der Waals surface area contributed by atoms with E-state index >= 15 is 0 Å². The highest BCUT2D eigenvalue weighted by atomic mass is 31.3. The van der Waals surface area contributed by atoms with Crippen molar-refractivity contribution in [3.8, 4) is 0 Å². The molecule has 188 valence electrons. The van der Waals surface area contributed by atoms with Gasteiger partial charge in [-0.05, 0) is 0 Å². The number of H-pyrrole nitrogens is 1. The second-order valence-electron chi connectivity index (χ2n) is 6.05. The Balaban J connectivity index is 2.17. The third-order valence-corrected chi connectivity index (χ3v) is 7.45. The molecular formula is C11H13N2O17P3-4. The first kappa shape index (κ1) is 27.7. The molecule has 0 radical (unpaired) electrons. The molecular weight excluding hydrogens is 525 g/mol. The fraction of sp³-hybridized carbons (Fsp3) is 0.545. The summed E-state index contributed by atoms with van der Waals surface area (Å²) in [5, 5.41) is 20.1. The van der Waals surface area contributed by atoms with Crippen molar-refractivity contribution in [2.45, 2.75) is 24.5 Å². The lowest BCUT2D eigenvalue weighted by Gasteiger charge is -2.37. The number of carbonyl (C=O) groups is 1. The number of rotatable bonds is 9. The molecule has 1 aliphatic rings. The number of aliphatic hydroxyl groups is 2. The van der Waals surface area contributed by atoms with Crippen molar-refractivity contribution < 1.29 is 70.9 Å². The van der Waals surface area contributed by atoms with Gasteiger partial charge in [0.05, 0.1) is 21.5 Å². The monoisotopic (exact) mass is 538 g/mol. The van der Waals surface area contributed by atoms with Crippen molar-refractivity contribution in [1.82, 2.24) is 9.55 Å². The van der Waals surface area contributed by atoms with Crippen LogP contribution in [0.15, 0.2) is 15.8 Å². The average Bonchev–Trinajstić information content (AvgIpc) is 2.91. The molecule has 1 aliphatic heterocycles. The first-order valence-electron chi connectivity index (χ1n) is 8.13. The number of hydrogen-bond acceptors (Lipinski definition) is 17. The number of hydrogen-bond donors (Lipinski definition) is 3. The lowest BCUT2D eigenvalue weighted by Crippen LogP contribution is -2.39. The molecule has 1 aromatic rings. The van der Waals surface area contributed by atoms with E-state index in [1.807, 2.05) is 0 Å². The van der Waals surface area contributed by atoms with Crippen LogP contribution < -0.4 is 30.8 Å². The van der Waals surface area contributed by atoms with Crippen molar-refractivity contribution in [1.29, 1.82) is 0 Å². The lowest BCUT2D eigenvalue weighted by molar-refractivity contribution is -0.339. The van der Waals surface area contributed by atoms with Crippen LogP contribution in [0.2, 0.25) is 0 Å². The predicted octanol–water partition coefficient (Wildman–Crippen LogP) is -5.24. The minimum absolute atomic E-state index is 0.467. The van der Waals surface area contributed by atoms with Gasteiger partial charge in [0.15, 0.2) is 6.23 Å². The van der Waals surface area contributed by atoms with E-state index in [4.69, 9.17) is 4.74 Å². The Morgan fingerprint density at radius 2 is 1.73 bits per heavy atom. The fourth-order valence-corrected chi connectivity index (χ4v) is 5.34. The molecule has 0 aliphatic carbocycles. The normalized spacial score (nSPS) is 27.0. The van der Waals surface area contributed by atoms with Crippen molar-refractivity contribution in [2.24, 2.45) is 0 Å². The van der Waals surface area contributed by atoms with Crippen LogP contribution in [0.4, 0.5) is 0 Å². The number of nitrogens with one attached hydrogen (secondary N) is 1. The van der Waals surface area contributed by atoms with Crippen LogP contribution in [-0.4, -0.2) is 57.8 Å². The molecule has 0 spiro atoms. The van der Waals surface area contributed by atoms with E-state index in [1.54, 1.807) is 4.98 Å². The Morgan fingerprint density at radius 3 is 2.27 bits per heavy atom. The van der Waals surface area contributed by atoms with E-state index in [0.29, 0.717) is 10.8 Å². The summed E-state index contributed by atoms with van der Waals surface area (Å²) in [5.41, 5.74) is -3.06. The highest BCUT2D eigenvalue weighted by Crippen LogP contribution is 2.60. The molecule has 22 heteroatoms. The number of aromatic amines is 1. The second-order valence-corrected chi connectivity index (χ2v) is 10.3. The zero-order valence-electron chi connectivity index (χ0n) is 15.9. The third-order valence-electron chi connectivity index (χ3n) is 3.78. The van der Waals surface area contributed by atoms with Gasteiger partial charge in [-0.15, -0.1) is 0 Å². The maximum Gasteiger partial charge on any atom is 0.345 e. The van der Waals surface area contributed by atoms with Gasteiger partial charge in [-0.2, -0.15) is 0 Å². The summed E-state index contributed by atoms with van der Waals surface area (Å²) in [7, 11) is -17.4. The lowest BCUT2D eigenvalue weighted by atomic mass is 10.1. The number of ether oxygens (including phenoxy) is 2. The molecule has 0 saturated carbocycles. The summed E-state index contributed by atoms with van der Waals surface area (Å²) >= 11 is 0. The summed E-state index contributed by atoms with van der Waals surface area (Å²) in [4.78, 5) is 80.3. The molecule has 3 N–H and O–H groups in total. The van der Waals surface area contributed by atoms with E-state index < -0.39 is 77.4 Å². The number of carbonyl (C=O) groups excluding carboxylic acids is 1. The van der Waals surface area contributed by atoms with Gasteiger partial charge >= 0.3 is 11.7 Å². The van der Waals surface area contributed by atoms with Gasteiger partial charge in [0.25, 0.3) is 21.2 Å². The van der Waals surface area contributed by atoms with Crippen LogP contribution in [-0.2, 0) is 36.3 Å². The summed E-state index contributed by atoms with van der Waals surface area (Å²) in [5.74, 6) is -1.17. The Labute approximate surface area is 181 Å². The topological polar surface area (TPSA) is 302 Å². The number of aliphatic hydroxyl groups excluding tert-OH is 2. The summed E-state index contributed by atoms with van der Waals surface area (Å²) in [6.45, 7) is -1.26. The number of phosphoric acid groups is 3. The number of methoxy groups -OCH3 is 1. The first-order valence-corrected chi connectivity index (χ1v) is 12.5. The Kier molecular flexibility index (Phi) is 8.36. The standard InChI is InChI=1S/C11H17N2O17P3/c1-26-10(17)4-2-13(11(18)12-8(4)16)9-7(15)6(14)5(28-9)3-27-32(22,23)30-33(24,25)29-31(19,20)21/h2,5-7,9,14-15H,3H2,1H3,(H,22,23)(H,24,25)(H,12,16,18)(H2,19,20,21)/p-4. The highest BCUT2D eigenvalue weighted by Gasteiger charge is 2.45. The van der Waals surface area contributed by atoms with Crippen molar-refractivity contribution in [2.75, 3.05) is 13.7 Å². The molecule has 0 bridgehead atoms. The summed E-state index contributed by atoms with van der Waals surface area (Å²) in [6.07, 6.45) is -6.91. The van der Waals surface area contributed by atoms with Crippen LogP contribution in [0.1, 0.15) is 16.6 Å². The second kappa shape index (κ2) is 9.97. The Morgan fingerprint density at radius 1 is 1.12 bits per heavy atom. The highest BCUT2D eigenvalue weighted by molar-refractivity contribution is 7.64. The molecule has 6 atom stereocenters. The van der Waals surface area contributed by atoms with E-state index in [9.17, 15) is 57.9 Å². The van der Waals surface area contributed by atoms with Gasteiger partial charge in [-0.1, -0.05) is 0 Å². The van der Waals surface area contributed by atoms with Gasteiger partial charge in [-0.25, -0.2) is 13.9 Å². The molecule has 19 nitrogen and oxygen atoms in total. The number of nitrogens with zero attached hydrogens (tertiary/aromatic N) is 1. The number of aromatic nitrogens is 2. The van der Waals surface area contributed by atoms with Crippen molar-refractivity contribution in [3.05, 3.63) is 32.6 Å². The smallest absolute Gasteiger partial charge is 0.345 e. The van der Waals surface area contributed by atoms with Gasteiger partial charge in [-0.3, -0.25) is 27.8 Å². The summed E-state index contributed by atoms with van der Waals surface area (Å²) < 4.78 is 53.3. The van der Waals surface area contributed by atoms with Crippen molar-refractivity contribution in [3.63, 3.8) is 0 Å². The molecule has 33 heavy (non-hydrogen) atoms. The van der Waals surface area contributed by atoms with Crippen LogP contribution in [0, 0.1) is 0 Å². The number of esters is 1. The van der Waals surface area contributed by atoms with Gasteiger partial charge in [0.2, 0.25) is 0 Å². The van der Waals surface area contributed by atoms with E-state index in [-0.39, 0.29) is 0 Å². The largest absolute Gasteiger partial charge is 0.790 e. The maximum absolute atomic E-state index is 12.0. The quantitative estimate of drug-likeness (QED) is 0.195. The SMILES string of the molecule is COC(=O)c1cn(C2OC(COP(=O)([O-])OP(=O)([O-])OP(=O)([O-])[O-])C(O)C2O)c(=O)[nH]c1=O. The maximum atomic E-state index is 12.0. The van der Waals surface area contributed by atoms with Gasteiger partial charge in [0, 0.05) is 6.20 Å². The van der Waals surface area contributed by atoms with Crippen LogP contribution in [0.3, 0.4) is 0 Å².